The Balaban J connectivity index is 1.76. The largest absolute Gasteiger partial charge is 0.348 e. The van der Waals surface area contributed by atoms with E-state index in [0.717, 1.165) is 31.7 Å². The second kappa shape index (κ2) is 8.67. The second-order valence-electron chi connectivity index (χ2n) is 7.34. The quantitative estimate of drug-likeness (QED) is 0.626. The lowest BCUT2D eigenvalue weighted by Gasteiger charge is -2.16. The number of thiazole rings is 1. The molecule has 3 rings (SSSR count). The highest BCUT2D eigenvalue weighted by Gasteiger charge is 2.23. The number of nitrogens with one attached hydrogen (secondary N) is 1. The molecule has 8 heteroatoms. The summed E-state index contributed by atoms with van der Waals surface area (Å²) in [6.07, 6.45) is 0. The maximum atomic E-state index is 12.7. The number of aromatic nitrogens is 1. The minimum absolute atomic E-state index is 0.153. The molecular weight excluding hydrogens is 418 g/mol. The molecular formula is C22H25N3O3S2. The summed E-state index contributed by atoms with van der Waals surface area (Å²) < 4.78 is 26.4. The van der Waals surface area contributed by atoms with Gasteiger partial charge in [-0.05, 0) is 49.6 Å². The molecule has 0 saturated heterocycles. The second-order valence-corrected chi connectivity index (χ2v) is 10.5. The number of carbonyl (C=O) groups excluding carboxylic acids is 1. The van der Waals surface area contributed by atoms with E-state index in [1.807, 2.05) is 36.6 Å². The van der Waals surface area contributed by atoms with E-state index >= 15 is 0 Å². The van der Waals surface area contributed by atoms with Crippen LogP contribution < -0.4 is 5.32 Å². The Morgan fingerprint density at radius 2 is 1.77 bits per heavy atom. The summed E-state index contributed by atoms with van der Waals surface area (Å²) in [6, 6.07) is 11.0. The number of hydrogen-bond donors (Lipinski definition) is 1. The van der Waals surface area contributed by atoms with Gasteiger partial charge in [-0.2, -0.15) is 0 Å². The smallest absolute Gasteiger partial charge is 0.251 e. The number of sulfonamides is 1. The van der Waals surface area contributed by atoms with E-state index in [-0.39, 0.29) is 10.8 Å². The molecule has 2 aromatic carbocycles. The molecule has 158 valence electrons. The third kappa shape index (κ3) is 4.61. The molecule has 3 aromatic rings. The van der Waals surface area contributed by atoms with Crippen LogP contribution in [-0.2, 0) is 16.6 Å². The van der Waals surface area contributed by atoms with Gasteiger partial charge in [-0.25, -0.2) is 17.7 Å². The van der Waals surface area contributed by atoms with Gasteiger partial charge in [0.2, 0.25) is 10.0 Å². The predicted octanol–water partition coefficient (Wildman–Crippen LogP) is 3.92. The van der Waals surface area contributed by atoms with Crippen LogP contribution >= 0.6 is 11.3 Å². The Bertz CT molecular complexity index is 1180. The van der Waals surface area contributed by atoms with Crippen molar-refractivity contribution in [1.82, 2.24) is 14.6 Å². The lowest BCUT2D eigenvalue weighted by molar-refractivity contribution is 0.0950. The van der Waals surface area contributed by atoms with Crippen LogP contribution in [0.25, 0.3) is 11.3 Å². The fourth-order valence-electron chi connectivity index (χ4n) is 3.00. The molecule has 0 spiro atoms. The lowest BCUT2D eigenvalue weighted by Crippen LogP contribution is -2.26. The van der Waals surface area contributed by atoms with Crippen molar-refractivity contribution in [3.05, 3.63) is 69.0 Å². The van der Waals surface area contributed by atoms with E-state index in [4.69, 9.17) is 0 Å². The first-order valence-electron chi connectivity index (χ1n) is 9.43. The highest BCUT2D eigenvalue weighted by Crippen LogP contribution is 2.24. The van der Waals surface area contributed by atoms with Gasteiger partial charge in [0.15, 0.2) is 0 Å². The number of amides is 1. The van der Waals surface area contributed by atoms with E-state index in [1.165, 1.54) is 20.2 Å². The van der Waals surface area contributed by atoms with E-state index in [0.29, 0.717) is 17.7 Å². The fourth-order valence-corrected chi connectivity index (χ4v) is 4.84. The van der Waals surface area contributed by atoms with Crippen LogP contribution in [0, 0.1) is 20.8 Å². The molecule has 0 aliphatic carbocycles. The molecule has 0 fully saturated rings. The summed E-state index contributed by atoms with van der Waals surface area (Å²) in [5.41, 5.74) is 4.65. The zero-order chi connectivity index (χ0) is 22.1. The third-order valence-corrected chi connectivity index (χ3v) is 7.68. The zero-order valence-electron chi connectivity index (χ0n) is 17.7. The minimum Gasteiger partial charge on any atom is -0.348 e. The lowest BCUT2D eigenvalue weighted by atomic mass is 10.1. The van der Waals surface area contributed by atoms with Crippen LogP contribution in [0.3, 0.4) is 0 Å². The zero-order valence-corrected chi connectivity index (χ0v) is 19.3. The Hall–Kier alpha value is -2.55. The summed E-state index contributed by atoms with van der Waals surface area (Å²) in [7, 11) is -0.675. The van der Waals surface area contributed by atoms with Gasteiger partial charge in [-0.3, -0.25) is 4.79 Å². The van der Waals surface area contributed by atoms with Crippen molar-refractivity contribution in [2.75, 3.05) is 14.1 Å². The molecule has 6 nitrogen and oxygen atoms in total. The molecule has 1 N–H and O–H groups in total. The summed E-state index contributed by atoms with van der Waals surface area (Å²) in [5, 5.41) is 5.91. The van der Waals surface area contributed by atoms with Crippen LogP contribution in [-0.4, -0.2) is 37.7 Å². The van der Waals surface area contributed by atoms with Crippen LogP contribution in [0.2, 0.25) is 0 Å². The molecule has 30 heavy (non-hydrogen) atoms. The molecule has 0 saturated carbocycles. The number of hydrogen-bond acceptors (Lipinski definition) is 5. The molecule has 0 aliphatic heterocycles. The molecule has 0 bridgehead atoms. The van der Waals surface area contributed by atoms with E-state index in [1.54, 1.807) is 31.3 Å². The SMILES string of the molecule is Cc1nc(-c2ccc(CNC(=O)c3cc(C)c(C)c(S(=O)(=O)N(C)C)c3)cc2)cs1. The first kappa shape index (κ1) is 22.1. The van der Waals surface area contributed by atoms with Crippen LogP contribution in [0.15, 0.2) is 46.7 Å². The van der Waals surface area contributed by atoms with Crippen molar-refractivity contribution in [3.8, 4) is 11.3 Å². The highest BCUT2D eigenvalue weighted by atomic mass is 32.2. The summed E-state index contributed by atoms with van der Waals surface area (Å²) in [6.45, 7) is 5.87. The Morgan fingerprint density at radius 3 is 2.33 bits per heavy atom. The molecule has 1 heterocycles. The molecule has 1 amide bonds. The molecule has 0 aliphatic rings. The van der Waals surface area contributed by atoms with E-state index in [2.05, 4.69) is 10.3 Å². The number of carbonyl (C=O) groups is 1. The third-order valence-electron chi connectivity index (χ3n) is 4.96. The van der Waals surface area contributed by atoms with Crippen molar-refractivity contribution in [3.63, 3.8) is 0 Å². The number of rotatable bonds is 6. The number of nitrogens with zero attached hydrogens (tertiary/aromatic N) is 2. The summed E-state index contributed by atoms with van der Waals surface area (Å²) >= 11 is 1.61. The van der Waals surface area contributed by atoms with Crippen molar-refractivity contribution < 1.29 is 13.2 Å². The maximum absolute atomic E-state index is 12.7. The number of aryl methyl sites for hydroxylation is 2. The Morgan fingerprint density at radius 1 is 1.10 bits per heavy atom. The van der Waals surface area contributed by atoms with Gasteiger partial charge in [0.05, 0.1) is 15.6 Å². The van der Waals surface area contributed by atoms with Gasteiger partial charge in [0.1, 0.15) is 0 Å². The fraction of sp³-hybridized carbons (Fsp3) is 0.273. The molecule has 1 aromatic heterocycles. The normalized spacial score (nSPS) is 11.7. The minimum atomic E-state index is -3.63. The number of benzene rings is 2. The van der Waals surface area contributed by atoms with Gasteiger partial charge in [0.25, 0.3) is 5.91 Å². The van der Waals surface area contributed by atoms with Crippen molar-refractivity contribution in [1.29, 1.82) is 0 Å². The van der Waals surface area contributed by atoms with Crippen molar-refractivity contribution >= 4 is 27.3 Å². The average Bonchev–Trinajstić information content (AvgIpc) is 3.14. The van der Waals surface area contributed by atoms with Gasteiger partial charge in [-0.15, -0.1) is 11.3 Å². The first-order valence-corrected chi connectivity index (χ1v) is 11.7. The van der Waals surface area contributed by atoms with Crippen LogP contribution in [0.1, 0.15) is 32.1 Å². The van der Waals surface area contributed by atoms with Gasteiger partial charge < -0.3 is 5.32 Å². The van der Waals surface area contributed by atoms with Gasteiger partial charge in [0, 0.05) is 37.1 Å². The molecule has 0 radical (unpaired) electrons. The topological polar surface area (TPSA) is 79.4 Å². The van der Waals surface area contributed by atoms with Crippen LogP contribution in [0.4, 0.5) is 0 Å². The van der Waals surface area contributed by atoms with Crippen molar-refractivity contribution in [2.45, 2.75) is 32.2 Å². The van der Waals surface area contributed by atoms with E-state index < -0.39 is 10.0 Å². The average molecular weight is 444 g/mol. The predicted molar refractivity (Wildman–Crippen MR) is 120 cm³/mol. The van der Waals surface area contributed by atoms with Gasteiger partial charge in [-0.1, -0.05) is 24.3 Å². The summed E-state index contributed by atoms with van der Waals surface area (Å²) in [5.74, 6) is -0.312. The van der Waals surface area contributed by atoms with Crippen LogP contribution in [0.5, 0.6) is 0 Å². The molecule has 0 atom stereocenters. The molecule has 0 unspecified atom stereocenters. The first-order chi connectivity index (χ1) is 14.1. The Kier molecular flexibility index (Phi) is 6.40. The van der Waals surface area contributed by atoms with Crippen molar-refractivity contribution in [2.24, 2.45) is 0 Å². The maximum Gasteiger partial charge on any atom is 0.251 e. The Labute approximate surface area is 181 Å². The summed E-state index contributed by atoms with van der Waals surface area (Å²) in [4.78, 5) is 17.3. The highest BCUT2D eigenvalue weighted by molar-refractivity contribution is 7.89. The van der Waals surface area contributed by atoms with Gasteiger partial charge >= 0.3 is 0 Å². The standard InChI is InChI=1S/C22H25N3O3S2/c1-14-10-19(11-21(15(14)2)30(27,28)25(4)5)22(26)23-12-17-6-8-18(9-7-17)20-13-29-16(3)24-20/h6-11,13H,12H2,1-5H3,(H,23,26). The monoisotopic (exact) mass is 443 g/mol. The van der Waals surface area contributed by atoms with E-state index in [9.17, 15) is 13.2 Å².